The van der Waals surface area contributed by atoms with Crippen LogP contribution in [0.2, 0.25) is 5.02 Å². The van der Waals surface area contributed by atoms with Gasteiger partial charge in [-0.15, -0.1) is 0 Å². The van der Waals surface area contributed by atoms with E-state index >= 15 is 0 Å². The van der Waals surface area contributed by atoms with Crippen molar-refractivity contribution < 1.29 is 14.3 Å². The lowest BCUT2D eigenvalue weighted by molar-refractivity contribution is -0.135. The number of carbonyl (C=O) groups excluding carboxylic acids is 2. The highest BCUT2D eigenvalue weighted by Gasteiger charge is 2.09. The zero-order valence-electron chi connectivity index (χ0n) is 12.1. The van der Waals surface area contributed by atoms with Crippen molar-refractivity contribution in [2.75, 3.05) is 6.54 Å². The Labute approximate surface area is 134 Å². The van der Waals surface area contributed by atoms with Crippen molar-refractivity contribution in [1.29, 1.82) is 0 Å². The SMILES string of the molecule is Cc1ccccc1OC(=O)CNC(=O)Cc1cccc(Cl)c1. The summed E-state index contributed by atoms with van der Waals surface area (Å²) < 4.78 is 5.19. The Balaban J connectivity index is 1.81. The van der Waals surface area contributed by atoms with Crippen molar-refractivity contribution in [3.05, 3.63) is 64.7 Å². The van der Waals surface area contributed by atoms with Gasteiger partial charge in [0, 0.05) is 5.02 Å². The number of esters is 1. The molecule has 0 saturated heterocycles. The number of halogens is 1. The summed E-state index contributed by atoms with van der Waals surface area (Å²) in [7, 11) is 0. The number of benzene rings is 2. The van der Waals surface area contributed by atoms with E-state index in [9.17, 15) is 9.59 Å². The number of ether oxygens (including phenoxy) is 1. The van der Waals surface area contributed by atoms with Gasteiger partial charge in [0.2, 0.25) is 5.91 Å². The first-order valence-corrected chi connectivity index (χ1v) is 7.20. The molecule has 5 heteroatoms. The average Bonchev–Trinajstić information content (AvgIpc) is 2.48. The Morgan fingerprint density at radius 1 is 1.14 bits per heavy atom. The van der Waals surface area contributed by atoms with E-state index in [4.69, 9.17) is 16.3 Å². The van der Waals surface area contributed by atoms with Gasteiger partial charge in [0.05, 0.1) is 6.42 Å². The smallest absolute Gasteiger partial charge is 0.330 e. The molecule has 114 valence electrons. The highest BCUT2D eigenvalue weighted by Crippen LogP contribution is 2.16. The van der Waals surface area contributed by atoms with Gasteiger partial charge in [-0.05, 0) is 36.2 Å². The zero-order valence-corrected chi connectivity index (χ0v) is 12.9. The van der Waals surface area contributed by atoms with E-state index in [0.717, 1.165) is 11.1 Å². The molecule has 0 bridgehead atoms. The Morgan fingerprint density at radius 2 is 1.91 bits per heavy atom. The molecule has 0 aliphatic rings. The summed E-state index contributed by atoms with van der Waals surface area (Å²) in [5.41, 5.74) is 1.65. The summed E-state index contributed by atoms with van der Waals surface area (Å²) in [5.74, 6) is -0.269. The Morgan fingerprint density at radius 3 is 2.64 bits per heavy atom. The molecule has 1 amide bonds. The number of hydrogen-bond acceptors (Lipinski definition) is 3. The molecule has 2 rings (SSSR count). The molecule has 0 spiro atoms. The summed E-state index contributed by atoms with van der Waals surface area (Å²) in [6.45, 7) is 1.67. The van der Waals surface area contributed by atoms with E-state index in [1.54, 1.807) is 36.4 Å². The summed E-state index contributed by atoms with van der Waals surface area (Å²) in [5, 5.41) is 3.11. The summed E-state index contributed by atoms with van der Waals surface area (Å²) >= 11 is 5.86. The van der Waals surface area contributed by atoms with Crippen LogP contribution >= 0.6 is 11.6 Å². The largest absolute Gasteiger partial charge is 0.425 e. The molecule has 0 saturated carbocycles. The van der Waals surface area contributed by atoms with Crippen LogP contribution < -0.4 is 10.1 Å². The van der Waals surface area contributed by atoms with Crippen molar-refractivity contribution in [3.63, 3.8) is 0 Å². The van der Waals surface area contributed by atoms with Gasteiger partial charge >= 0.3 is 5.97 Å². The van der Waals surface area contributed by atoms with Crippen molar-refractivity contribution >= 4 is 23.5 Å². The highest BCUT2D eigenvalue weighted by atomic mass is 35.5. The zero-order chi connectivity index (χ0) is 15.9. The maximum absolute atomic E-state index is 11.8. The first-order valence-electron chi connectivity index (χ1n) is 6.82. The third kappa shape index (κ3) is 4.90. The Kier molecular flexibility index (Phi) is 5.55. The van der Waals surface area contributed by atoms with Crippen LogP contribution in [0, 0.1) is 6.92 Å². The number of amides is 1. The molecule has 0 aliphatic carbocycles. The summed E-state index contributed by atoms with van der Waals surface area (Å²) in [4.78, 5) is 23.5. The minimum absolute atomic E-state index is 0.165. The van der Waals surface area contributed by atoms with Crippen LogP contribution in [0.3, 0.4) is 0 Å². The molecule has 1 N–H and O–H groups in total. The van der Waals surface area contributed by atoms with Crippen molar-refractivity contribution in [3.8, 4) is 5.75 Å². The topological polar surface area (TPSA) is 55.4 Å². The molecular weight excluding hydrogens is 302 g/mol. The second-order valence-corrected chi connectivity index (χ2v) is 5.26. The van der Waals surface area contributed by atoms with Crippen LogP contribution in [0.1, 0.15) is 11.1 Å². The van der Waals surface area contributed by atoms with Gasteiger partial charge in [-0.2, -0.15) is 0 Å². The Hall–Kier alpha value is -2.33. The van der Waals surface area contributed by atoms with Crippen molar-refractivity contribution in [1.82, 2.24) is 5.32 Å². The van der Waals surface area contributed by atoms with Gasteiger partial charge in [0.25, 0.3) is 0 Å². The van der Waals surface area contributed by atoms with Gasteiger partial charge in [-0.1, -0.05) is 41.9 Å². The Bertz CT molecular complexity index is 685. The quantitative estimate of drug-likeness (QED) is 0.681. The van der Waals surface area contributed by atoms with Crippen LogP contribution in [-0.2, 0) is 16.0 Å². The molecule has 0 aliphatic heterocycles. The monoisotopic (exact) mass is 317 g/mol. The lowest BCUT2D eigenvalue weighted by atomic mass is 10.1. The molecule has 0 fully saturated rings. The molecule has 2 aromatic carbocycles. The predicted molar refractivity (Wildman–Crippen MR) is 85.0 cm³/mol. The second kappa shape index (κ2) is 7.61. The van der Waals surface area contributed by atoms with Crippen LogP contribution in [0.5, 0.6) is 5.75 Å². The van der Waals surface area contributed by atoms with E-state index in [-0.39, 0.29) is 18.9 Å². The van der Waals surface area contributed by atoms with Gasteiger partial charge in [0.15, 0.2) is 0 Å². The minimum atomic E-state index is -0.506. The van der Waals surface area contributed by atoms with E-state index in [1.165, 1.54) is 0 Å². The van der Waals surface area contributed by atoms with E-state index < -0.39 is 5.97 Å². The number of rotatable bonds is 5. The maximum atomic E-state index is 11.8. The summed E-state index contributed by atoms with van der Waals surface area (Å²) in [6.07, 6.45) is 0.165. The van der Waals surface area contributed by atoms with Crippen LogP contribution in [-0.4, -0.2) is 18.4 Å². The standard InChI is InChI=1S/C17H16ClNO3/c1-12-5-2-3-8-15(12)22-17(21)11-19-16(20)10-13-6-4-7-14(18)9-13/h2-9H,10-11H2,1H3,(H,19,20). The van der Waals surface area contributed by atoms with Gasteiger partial charge in [0.1, 0.15) is 12.3 Å². The predicted octanol–water partition coefficient (Wildman–Crippen LogP) is 2.91. The number of aryl methyl sites for hydroxylation is 1. The van der Waals surface area contributed by atoms with Crippen molar-refractivity contribution in [2.24, 2.45) is 0 Å². The third-order valence-corrected chi connectivity index (χ3v) is 3.24. The minimum Gasteiger partial charge on any atom is -0.425 e. The fourth-order valence-electron chi connectivity index (χ4n) is 1.90. The second-order valence-electron chi connectivity index (χ2n) is 4.82. The number of nitrogens with one attached hydrogen (secondary N) is 1. The molecule has 2 aromatic rings. The molecule has 22 heavy (non-hydrogen) atoms. The average molecular weight is 318 g/mol. The van der Waals surface area contributed by atoms with Crippen molar-refractivity contribution in [2.45, 2.75) is 13.3 Å². The molecule has 0 aromatic heterocycles. The number of carbonyl (C=O) groups is 2. The molecule has 0 unspecified atom stereocenters. The first kappa shape index (κ1) is 16.0. The van der Waals surface area contributed by atoms with Crippen LogP contribution in [0.15, 0.2) is 48.5 Å². The number of hydrogen-bond donors (Lipinski definition) is 1. The van der Waals surface area contributed by atoms with Gasteiger partial charge in [-0.25, -0.2) is 4.79 Å². The maximum Gasteiger partial charge on any atom is 0.330 e. The van der Waals surface area contributed by atoms with Gasteiger partial charge < -0.3 is 10.1 Å². The fourth-order valence-corrected chi connectivity index (χ4v) is 2.11. The molecule has 0 heterocycles. The molecule has 0 atom stereocenters. The van der Waals surface area contributed by atoms with Crippen LogP contribution in [0.25, 0.3) is 0 Å². The molecule has 0 radical (unpaired) electrons. The van der Waals surface area contributed by atoms with Crippen LogP contribution in [0.4, 0.5) is 0 Å². The molecule has 4 nitrogen and oxygen atoms in total. The lowest BCUT2D eigenvalue weighted by Crippen LogP contribution is -2.33. The normalized spacial score (nSPS) is 10.1. The molecular formula is C17H16ClNO3. The highest BCUT2D eigenvalue weighted by molar-refractivity contribution is 6.30. The van der Waals surface area contributed by atoms with E-state index in [2.05, 4.69) is 5.32 Å². The number of para-hydroxylation sites is 1. The summed E-state index contributed by atoms with van der Waals surface area (Å²) in [6, 6.07) is 14.2. The van der Waals surface area contributed by atoms with Gasteiger partial charge in [-0.3, -0.25) is 4.79 Å². The first-order chi connectivity index (χ1) is 10.5. The van der Waals surface area contributed by atoms with E-state index in [1.807, 2.05) is 19.1 Å². The third-order valence-electron chi connectivity index (χ3n) is 3.00. The lowest BCUT2D eigenvalue weighted by Gasteiger charge is -2.08. The fraction of sp³-hybridized carbons (Fsp3) is 0.176. The van der Waals surface area contributed by atoms with E-state index in [0.29, 0.717) is 10.8 Å².